The van der Waals surface area contributed by atoms with Crippen molar-refractivity contribution in [2.24, 2.45) is 5.92 Å². The summed E-state index contributed by atoms with van der Waals surface area (Å²) in [6, 6.07) is 9.10. The van der Waals surface area contributed by atoms with E-state index >= 15 is 0 Å². The summed E-state index contributed by atoms with van der Waals surface area (Å²) in [5.41, 5.74) is 0.940. The van der Waals surface area contributed by atoms with Crippen LogP contribution in [0.25, 0.3) is 11.0 Å². The molecular formula is C20H23N3OS. The van der Waals surface area contributed by atoms with Gasteiger partial charge >= 0.3 is 0 Å². The van der Waals surface area contributed by atoms with Crippen molar-refractivity contribution < 1.29 is 4.42 Å². The van der Waals surface area contributed by atoms with Crippen molar-refractivity contribution in [1.29, 1.82) is 0 Å². The van der Waals surface area contributed by atoms with Gasteiger partial charge in [-0.3, -0.25) is 4.90 Å². The fourth-order valence-corrected chi connectivity index (χ4v) is 5.44. The van der Waals surface area contributed by atoms with E-state index in [4.69, 9.17) is 9.40 Å². The molecule has 2 aliphatic rings. The molecule has 5 heterocycles. The molecule has 0 aliphatic carbocycles. The number of nitrogens with zero attached hydrogens (tertiary/aromatic N) is 3. The summed E-state index contributed by atoms with van der Waals surface area (Å²) in [7, 11) is 0. The number of anilines is 1. The second-order valence-electron chi connectivity index (χ2n) is 7.31. The lowest BCUT2D eigenvalue weighted by Crippen LogP contribution is -2.48. The SMILES string of the molecule is Cc1ccc(CN2CCC3CCN(c4nccc5occc45)C3C2)s1. The Morgan fingerprint density at radius 3 is 3.00 bits per heavy atom. The summed E-state index contributed by atoms with van der Waals surface area (Å²) in [6.07, 6.45) is 6.23. The van der Waals surface area contributed by atoms with Gasteiger partial charge in [0.1, 0.15) is 11.4 Å². The molecule has 0 aromatic carbocycles. The second-order valence-corrected chi connectivity index (χ2v) is 8.69. The van der Waals surface area contributed by atoms with Crippen LogP contribution in [0.5, 0.6) is 0 Å². The third-order valence-electron chi connectivity index (χ3n) is 5.75. The van der Waals surface area contributed by atoms with E-state index in [1.807, 2.05) is 23.6 Å². The molecule has 3 aromatic rings. The predicted molar refractivity (Wildman–Crippen MR) is 102 cm³/mol. The Hall–Kier alpha value is -1.85. The van der Waals surface area contributed by atoms with E-state index in [1.54, 1.807) is 6.26 Å². The molecule has 2 aliphatic heterocycles. The van der Waals surface area contributed by atoms with Crippen LogP contribution in [-0.4, -0.2) is 35.6 Å². The highest BCUT2D eigenvalue weighted by Gasteiger charge is 2.39. The van der Waals surface area contributed by atoms with Crippen LogP contribution in [0.4, 0.5) is 5.82 Å². The van der Waals surface area contributed by atoms with Gasteiger partial charge in [0.15, 0.2) is 0 Å². The summed E-state index contributed by atoms with van der Waals surface area (Å²) in [4.78, 5) is 12.8. The molecule has 4 nitrogen and oxygen atoms in total. The zero-order valence-electron chi connectivity index (χ0n) is 14.5. The Balaban J connectivity index is 1.39. The monoisotopic (exact) mass is 353 g/mol. The third-order valence-corrected chi connectivity index (χ3v) is 6.74. The minimum Gasteiger partial charge on any atom is -0.464 e. The van der Waals surface area contributed by atoms with Crippen LogP contribution in [0, 0.1) is 12.8 Å². The van der Waals surface area contributed by atoms with Crippen molar-refractivity contribution in [3.8, 4) is 0 Å². The molecule has 0 spiro atoms. The molecule has 0 N–H and O–H groups in total. The number of pyridine rings is 1. The highest BCUT2D eigenvalue weighted by Crippen LogP contribution is 2.37. The van der Waals surface area contributed by atoms with Crippen LogP contribution >= 0.6 is 11.3 Å². The molecule has 2 atom stereocenters. The number of likely N-dealkylation sites (tertiary alicyclic amines) is 1. The molecule has 3 aromatic heterocycles. The first-order valence-electron chi connectivity index (χ1n) is 9.14. The van der Waals surface area contributed by atoms with E-state index in [1.165, 1.54) is 29.1 Å². The quantitative estimate of drug-likeness (QED) is 0.703. The van der Waals surface area contributed by atoms with Gasteiger partial charge in [0.25, 0.3) is 0 Å². The lowest BCUT2D eigenvalue weighted by molar-refractivity contribution is 0.169. The number of aromatic nitrogens is 1. The number of piperidine rings is 1. The maximum atomic E-state index is 5.58. The van der Waals surface area contributed by atoms with Crippen molar-refractivity contribution >= 4 is 28.1 Å². The Morgan fingerprint density at radius 2 is 2.12 bits per heavy atom. The fraction of sp³-hybridized carbons (Fsp3) is 0.450. The number of fused-ring (bicyclic) bond motifs is 2. The van der Waals surface area contributed by atoms with Gasteiger partial charge in [-0.15, -0.1) is 11.3 Å². The summed E-state index contributed by atoms with van der Waals surface area (Å²) in [5.74, 6) is 1.90. The average molecular weight is 353 g/mol. The van der Waals surface area contributed by atoms with Crippen molar-refractivity contribution in [3.63, 3.8) is 0 Å². The van der Waals surface area contributed by atoms with Crippen LogP contribution in [0.3, 0.4) is 0 Å². The maximum absolute atomic E-state index is 5.58. The van der Waals surface area contributed by atoms with Crippen molar-refractivity contribution in [3.05, 3.63) is 46.5 Å². The molecule has 2 unspecified atom stereocenters. The van der Waals surface area contributed by atoms with Gasteiger partial charge in [0, 0.05) is 41.6 Å². The van der Waals surface area contributed by atoms with E-state index in [0.29, 0.717) is 6.04 Å². The van der Waals surface area contributed by atoms with Crippen molar-refractivity contribution in [2.45, 2.75) is 32.4 Å². The van der Waals surface area contributed by atoms with Crippen molar-refractivity contribution in [2.75, 3.05) is 24.5 Å². The Labute approximate surface area is 152 Å². The summed E-state index contributed by atoms with van der Waals surface area (Å²) in [6.45, 7) is 6.74. The molecular weight excluding hydrogens is 330 g/mol. The standard InChI is InChI=1S/C20H23N3OS/c1-14-2-3-16(25-14)12-22-9-5-15-6-10-23(18(15)13-22)20-17-7-11-24-19(17)4-8-21-20/h2-4,7-8,11,15,18H,5-6,9-10,12-13H2,1H3. The number of hydrogen-bond acceptors (Lipinski definition) is 5. The first-order chi connectivity index (χ1) is 12.3. The predicted octanol–water partition coefficient (Wildman–Crippen LogP) is 4.30. The van der Waals surface area contributed by atoms with Crippen LogP contribution in [0.1, 0.15) is 22.6 Å². The van der Waals surface area contributed by atoms with E-state index in [-0.39, 0.29) is 0 Å². The van der Waals surface area contributed by atoms with Crippen LogP contribution in [0.2, 0.25) is 0 Å². The van der Waals surface area contributed by atoms with Crippen LogP contribution < -0.4 is 4.90 Å². The first kappa shape index (κ1) is 15.4. The number of furan rings is 1. The van der Waals surface area contributed by atoms with Gasteiger partial charge in [-0.2, -0.15) is 0 Å². The van der Waals surface area contributed by atoms with Crippen molar-refractivity contribution in [1.82, 2.24) is 9.88 Å². The Bertz CT molecular complexity index is 886. The average Bonchev–Trinajstić information content (AvgIpc) is 3.34. The van der Waals surface area contributed by atoms with Gasteiger partial charge in [-0.05, 0) is 56.5 Å². The smallest absolute Gasteiger partial charge is 0.140 e. The van der Waals surface area contributed by atoms with Gasteiger partial charge in [0.05, 0.1) is 11.6 Å². The molecule has 5 heteroatoms. The molecule has 0 radical (unpaired) electrons. The zero-order valence-corrected chi connectivity index (χ0v) is 15.3. The maximum Gasteiger partial charge on any atom is 0.140 e. The van der Waals surface area contributed by atoms with Gasteiger partial charge in [-0.1, -0.05) is 0 Å². The number of thiophene rings is 1. The van der Waals surface area contributed by atoms with E-state index in [2.05, 4.69) is 34.9 Å². The summed E-state index contributed by atoms with van der Waals surface area (Å²) < 4.78 is 5.58. The normalized spacial score (nSPS) is 24.1. The zero-order chi connectivity index (χ0) is 16.8. The van der Waals surface area contributed by atoms with Gasteiger partial charge < -0.3 is 9.32 Å². The summed E-state index contributed by atoms with van der Waals surface area (Å²) in [5, 5.41) is 1.15. The minimum absolute atomic E-state index is 0.572. The fourth-order valence-electron chi connectivity index (χ4n) is 4.51. The molecule has 2 saturated heterocycles. The minimum atomic E-state index is 0.572. The van der Waals surface area contributed by atoms with Gasteiger partial charge in [-0.25, -0.2) is 4.98 Å². The highest BCUT2D eigenvalue weighted by molar-refractivity contribution is 7.11. The largest absolute Gasteiger partial charge is 0.464 e. The van der Waals surface area contributed by atoms with E-state index in [0.717, 1.165) is 42.3 Å². The van der Waals surface area contributed by atoms with E-state index < -0.39 is 0 Å². The molecule has 0 amide bonds. The first-order valence-corrected chi connectivity index (χ1v) is 9.96. The molecule has 5 rings (SSSR count). The number of aryl methyl sites for hydroxylation is 1. The molecule has 2 fully saturated rings. The molecule has 0 bridgehead atoms. The van der Waals surface area contributed by atoms with Gasteiger partial charge in [0.2, 0.25) is 0 Å². The number of hydrogen-bond donors (Lipinski definition) is 0. The Kier molecular flexibility index (Phi) is 3.79. The lowest BCUT2D eigenvalue weighted by atomic mass is 9.92. The summed E-state index contributed by atoms with van der Waals surface area (Å²) >= 11 is 1.93. The third kappa shape index (κ3) is 2.75. The van der Waals surface area contributed by atoms with Crippen LogP contribution in [-0.2, 0) is 6.54 Å². The second kappa shape index (κ2) is 6.15. The number of rotatable bonds is 3. The lowest BCUT2D eigenvalue weighted by Gasteiger charge is -2.38. The van der Waals surface area contributed by atoms with E-state index in [9.17, 15) is 0 Å². The topological polar surface area (TPSA) is 32.5 Å². The molecule has 130 valence electrons. The highest BCUT2D eigenvalue weighted by atomic mass is 32.1. The Morgan fingerprint density at radius 1 is 1.20 bits per heavy atom. The van der Waals surface area contributed by atoms with Crippen LogP contribution in [0.15, 0.2) is 41.1 Å². The molecule has 25 heavy (non-hydrogen) atoms. The molecule has 0 saturated carbocycles.